The summed E-state index contributed by atoms with van der Waals surface area (Å²) in [4.78, 5) is 23.4. The first-order chi connectivity index (χ1) is 16.5. The summed E-state index contributed by atoms with van der Waals surface area (Å²) in [6.45, 7) is 4.47. The third-order valence-corrected chi connectivity index (χ3v) is 6.49. The van der Waals surface area contributed by atoms with E-state index in [2.05, 4.69) is 42.3 Å². The lowest BCUT2D eigenvalue weighted by Crippen LogP contribution is -2.47. The Kier molecular flexibility index (Phi) is 10.6. The smallest absolute Gasteiger partial charge is 0.475 e. The lowest BCUT2D eigenvalue weighted by Gasteiger charge is -2.42. The number of amides is 1. The van der Waals surface area contributed by atoms with Gasteiger partial charge >= 0.3 is 12.1 Å². The number of para-hydroxylation sites is 1. The number of fused-ring (bicyclic) bond motifs is 1. The van der Waals surface area contributed by atoms with E-state index < -0.39 is 12.1 Å². The Morgan fingerprint density at radius 1 is 1.23 bits per heavy atom. The van der Waals surface area contributed by atoms with Gasteiger partial charge in [0.1, 0.15) is 0 Å². The van der Waals surface area contributed by atoms with E-state index in [9.17, 15) is 18.0 Å². The van der Waals surface area contributed by atoms with Gasteiger partial charge in [0, 0.05) is 30.2 Å². The van der Waals surface area contributed by atoms with Gasteiger partial charge in [-0.05, 0) is 56.6 Å². The summed E-state index contributed by atoms with van der Waals surface area (Å²) in [5, 5.41) is 11.0. The molecule has 1 fully saturated rings. The summed E-state index contributed by atoms with van der Waals surface area (Å²) in [6.07, 6.45) is 0.837. The standard InChI is InChI=1S/C23H34N4O.C2HF3O2/c1-3-23(28)27-16(2)15-21(19-7-4-5-9-22(19)27)26-18-12-10-17(11-13-18)20(25)8-6-14-24;3-2(4,5)1(6)7/h4-5,7,9,16-18,20-21,26H,3,10-15,24-25H2,1-2H3;(H,6,7)/t16-,17?,18?,20?,21+;/m0./s1. The maximum atomic E-state index is 12.5. The van der Waals surface area contributed by atoms with Crippen LogP contribution in [0.25, 0.3) is 0 Å². The van der Waals surface area contributed by atoms with Gasteiger partial charge in [-0.1, -0.05) is 37.0 Å². The van der Waals surface area contributed by atoms with E-state index >= 15 is 0 Å². The number of halogens is 3. The zero-order chi connectivity index (χ0) is 26.2. The lowest BCUT2D eigenvalue weighted by molar-refractivity contribution is -0.192. The van der Waals surface area contributed by atoms with Crippen molar-refractivity contribution in [2.45, 2.75) is 82.7 Å². The Morgan fingerprint density at radius 2 is 1.83 bits per heavy atom. The molecule has 1 aromatic rings. The Hall–Kier alpha value is -2.61. The van der Waals surface area contributed by atoms with Crippen molar-refractivity contribution in [1.82, 2.24) is 5.32 Å². The summed E-state index contributed by atoms with van der Waals surface area (Å²) in [6, 6.07) is 9.27. The van der Waals surface area contributed by atoms with Crippen molar-refractivity contribution in [2.75, 3.05) is 11.4 Å². The predicted molar refractivity (Wildman–Crippen MR) is 128 cm³/mol. The molecule has 1 amide bonds. The van der Waals surface area contributed by atoms with E-state index in [-0.39, 0.29) is 18.0 Å². The number of carbonyl (C=O) groups is 2. The zero-order valence-corrected chi connectivity index (χ0v) is 20.1. The molecule has 10 heteroatoms. The second kappa shape index (κ2) is 12.9. The van der Waals surface area contributed by atoms with Gasteiger partial charge in [0.2, 0.25) is 5.91 Å². The van der Waals surface area contributed by atoms with Crippen LogP contribution in [0.5, 0.6) is 0 Å². The highest BCUT2D eigenvalue weighted by Gasteiger charge is 2.38. The number of aliphatic carboxylic acids is 1. The van der Waals surface area contributed by atoms with Crippen LogP contribution in [0.2, 0.25) is 0 Å². The molecule has 0 aromatic heterocycles. The maximum absolute atomic E-state index is 12.5. The number of carboxylic acids is 1. The summed E-state index contributed by atoms with van der Waals surface area (Å²) in [5.74, 6) is 3.90. The van der Waals surface area contributed by atoms with E-state index in [1.807, 2.05) is 17.9 Å². The van der Waals surface area contributed by atoms with Crippen LogP contribution in [-0.4, -0.2) is 47.8 Å². The second-order valence-electron chi connectivity index (χ2n) is 8.95. The molecule has 1 aromatic carbocycles. The highest BCUT2D eigenvalue weighted by molar-refractivity contribution is 5.95. The molecule has 35 heavy (non-hydrogen) atoms. The highest BCUT2D eigenvalue weighted by atomic mass is 19.4. The molecule has 0 bridgehead atoms. The molecule has 1 aliphatic carbocycles. The Morgan fingerprint density at radius 3 is 2.37 bits per heavy atom. The molecule has 0 spiro atoms. The second-order valence-corrected chi connectivity index (χ2v) is 8.95. The van der Waals surface area contributed by atoms with Crippen LogP contribution in [-0.2, 0) is 9.59 Å². The van der Waals surface area contributed by atoms with Gasteiger partial charge in [-0.15, -0.1) is 0 Å². The molecule has 1 heterocycles. The first-order valence-electron chi connectivity index (χ1n) is 11.9. The average molecular weight is 497 g/mol. The highest BCUT2D eigenvalue weighted by Crippen LogP contribution is 2.38. The van der Waals surface area contributed by atoms with Gasteiger partial charge in [0.15, 0.2) is 0 Å². The van der Waals surface area contributed by atoms with Gasteiger partial charge in [-0.2, -0.15) is 13.2 Å². The van der Waals surface area contributed by atoms with E-state index in [1.165, 1.54) is 5.56 Å². The minimum absolute atomic E-state index is 0.0615. The summed E-state index contributed by atoms with van der Waals surface area (Å²) in [5.41, 5.74) is 14.0. The molecule has 1 aliphatic heterocycles. The topological polar surface area (TPSA) is 122 Å². The number of hydrogen-bond donors (Lipinski definition) is 4. The molecule has 3 atom stereocenters. The number of rotatable bonds is 4. The molecule has 1 saturated carbocycles. The number of benzene rings is 1. The molecular formula is C25H35F3N4O3. The van der Waals surface area contributed by atoms with Crippen LogP contribution in [0.4, 0.5) is 18.9 Å². The number of nitrogens with two attached hydrogens (primary N) is 2. The maximum Gasteiger partial charge on any atom is 0.490 e. The van der Waals surface area contributed by atoms with Crippen molar-refractivity contribution in [2.24, 2.45) is 17.4 Å². The van der Waals surface area contributed by atoms with Gasteiger partial charge in [0.25, 0.3) is 0 Å². The molecule has 7 nitrogen and oxygen atoms in total. The van der Waals surface area contributed by atoms with Crippen molar-refractivity contribution in [3.8, 4) is 11.8 Å². The Bertz CT molecular complexity index is 921. The normalized spacial score (nSPS) is 24.7. The summed E-state index contributed by atoms with van der Waals surface area (Å²) in [7, 11) is 0. The van der Waals surface area contributed by atoms with Crippen molar-refractivity contribution in [3.05, 3.63) is 29.8 Å². The summed E-state index contributed by atoms with van der Waals surface area (Å²) >= 11 is 0. The van der Waals surface area contributed by atoms with Gasteiger partial charge in [0.05, 0.1) is 12.6 Å². The zero-order valence-electron chi connectivity index (χ0n) is 20.1. The fraction of sp³-hybridized carbons (Fsp3) is 0.600. The average Bonchev–Trinajstić information content (AvgIpc) is 2.82. The molecule has 0 radical (unpaired) electrons. The Labute approximate surface area is 204 Å². The first-order valence-corrected chi connectivity index (χ1v) is 11.9. The number of nitrogens with zero attached hydrogens (tertiary/aromatic N) is 1. The van der Waals surface area contributed by atoms with Crippen LogP contribution in [0, 0.1) is 17.8 Å². The van der Waals surface area contributed by atoms with Crippen molar-refractivity contribution in [3.63, 3.8) is 0 Å². The number of anilines is 1. The van der Waals surface area contributed by atoms with Crippen LogP contribution in [0.15, 0.2) is 24.3 Å². The van der Waals surface area contributed by atoms with Gasteiger partial charge in [-0.25, -0.2) is 4.79 Å². The molecule has 1 unspecified atom stereocenters. The minimum atomic E-state index is -5.08. The molecule has 0 saturated heterocycles. The van der Waals surface area contributed by atoms with Crippen molar-refractivity contribution in [1.29, 1.82) is 0 Å². The summed E-state index contributed by atoms with van der Waals surface area (Å²) < 4.78 is 31.7. The Balaban J connectivity index is 0.000000540. The van der Waals surface area contributed by atoms with Crippen molar-refractivity contribution < 1.29 is 27.9 Å². The SMILES string of the molecule is CCC(=O)N1c2ccccc2[C@H](NC2CCC(C(N)C#CCN)CC2)C[C@@H]1C.O=C(O)C(F)(F)F. The lowest BCUT2D eigenvalue weighted by atomic mass is 9.81. The number of nitrogens with one attached hydrogen (secondary N) is 1. The number of carbonyl (C=O) groups excluding carboxylic acids is 1. The fourth-order valence-electron chi connectivity index (χ4n) is 4.74. The predicted octanol–water partition coefficient (Wildman–Crippen LogP) is 3.33. The molecule has 194 valence electrons. The molecule has 6 N–H and O–H groups in total. The number of alkyl halides is 3. The molecular weight excluding hydrogens is 461 g/mol. The van der Waals surface area contributed by atoms with Crippen LogP contribution in [0.1, 0.15) is 64.0 Å². The minimum Gasteiger partial charge on any atom is -0.475 e. The molecule has 2 aliphatic rings. The quantitative estimate of drug-likeness (QED) is 0.475. The number of carboxylic acid groups (broad SMARTS) is 1. The van der Waals surface area contributed by atoms with Crippen LogP contribution < -0.4 is 21.7 Å². The van der Waals surface area contributed by atoms with E-state index in [1.54, 1.807) is 0 Å². The first kappa shape index (κ1) is 28.6. The largest absolute Gasteiger partial charge is 0.490 e. The third-order valence-electron chi connectivity index (χ3n) is 6.49. The molecule has 3 rings (SSSR count). The van der Waals surface area contributed by atoms with Gasteiger partial charge in [-0.3, -0.25) is 4.79 Å². The third kappa shape index (κ3) is 7.95. The fourth-order valence-corrected chi connectivity index (χ4v) is 4.74. The van der Waals surface area contributed by atoms with Gasteiger partial charge < -0.3 is 26.8 Å². The monoisotopic (exact) mass is 496 g/mol. The van der Waals surface area contributed by atoms with Crippen molar-refractivity contribution >= 4 is 17.6 Å². The van der Waals surface area contributed by atoms with E-state index in [4.69, 9.17) is 21.4 Å². The number of hydrogen-bond acceptors (Lipinski definition) is 5. The van der Waals surface area contributed by atoms with Crippen LogP contribution >= 0.6 is 0 Å². The van der Waals surface area contributed by atoms with E-state index in [0.717, 1.165) is 37.8 Å². The van der Waals surface area contributed by atoms with Crippen LogP contribution in [0.3, 0.4) is 0 Å². The van der Waals surface area contributed by atoms with E-state index in [0.29, 0.717) is 31.0 Å².